The van der Waals surface area contributed by atoms with Crippen LogP contribution in [-0.2, 0) is 0 Å². The second-order valence-electron chi connectivity index (χ2n) is 3.63. The first kappa shape index (κ1) is 10.2. The topological polar surface area (TPSA) is 72.0 Å². The zero-order valence-electron chi connectivity index (χ0n) is 7.77. The van der Waals surface area contributed by atoms with E-state index in [0.717, 1.165) is 30.0 Å². The third kappa shape index (κ3) is 2.37. The third-order valence-corrected chi connectivity index (χ3v) is 4.58. The number of nitrogens with two attached hydrogens (primary N) is 1. The molecule has 0 aromatic carbocycles. The first-order chi connectivity index (χ1) is 6.68. The second-order valence-corrected chi connectivity index (χ2v) is 5.86. The van der Waals surface area contributed by atoms with Crippen molar-refractivity contribution in [1.29, 1.82) is 0 Å². The van der Waals surface area contributed by atoms with Crippen molar-refractivity contribution in [3.8, 4) is 0 Å². The number of aromatic nitrogens is 2. The fourth-order valence-corrected chi connectivity index (χ4v) is 3.44. The Labute approximate surface area is 90.9 Å². The molecule has 0 spiro atoms. The van der Waals surface area contributed by atoms with Crippen LogP contribution in [0.2, 0.25) is 0 Å². The lowest BCUT2D eigenvalue weighted by molar-refractivity contribution is 0.0732. The predicted octanol–water partition coefficient (Wildman–Crippen LogP) is 1.52. The zero-order valence-corrected chi connectivity index (χ0v) is 9.40. The van der Waals surface area contributed by atoms with Crippen molar-refractivity contribution in [2.75, 3.05) is 11.5 Å². The van der Waals surface area contributed by atoms with Crippen LogP contribution in [0.25, 0.3) is 0 Å². The molecule has 6 heteroatoms. The molecule has 1 aliphatic rings. The Morgan fingerprint density at radius 1 is 1.43 bits per heavy atom. The summed E-state index contributed by atoms with van der Waals surface area (Å²) in [7, 11) is 0. The molecule has 0 unspecified atom stereocenters. The van der Waals surface area contributed by atoms with Crippen molar-refractivity contribution in [2.24, 2.45) is 0 Å². The molecule has 0 radical (unpaired) electrons. The Balaban J connectivity index is 1.87. The number of aliphatic hydroxyl groups is 1. The van der Waals surface area contributed by atoms with Crippen molar-refractivity contribution in [3.05, 3.63) is 0 Å². The lowest BCUT2D eigenvalue weighted by Gasteiger charge is -2.20. The highest BCUT2D eigenvalue weighted by atomic mass is 32.2. The molecule has 2 rings (SSSR count). The van der Waals surface area contributed by atoms with Gasteiger partial charge in [0, 0.05) is 5.75 Å². The van der Waals surface area contributed by atoms with E-state index in [0.29, 0.717) is 10.9 Å². The van der Waals surface area contributed by atoms with Crippen molar-refractivity contribution in [2.45, 2.75) is 35.6 Å². The van der Waals surface area contributed by atoms with E-state index < -0.39 is 5.60 Å². The van der Waals surface area contributed by atoms with Gasteiger partial charge in [-0.05, 0) is 12.8 Å². The van der Waals surface area contributed by atoms with Crippen LogP contribution in [0.1, 0.15) is 25.7 Å². The van der Waals surface area contributed by atoms with Crippen LogP contribution < -0.4 is 5.73 Å². The summed E-state index contributed by atoms with van der Waals surface area (Å²) in [5.41, 5.74) is 4.98. The number of hydrogen-bond donors (Lipinski definition) is 2. The van der Waals surface area contributed by atoms with Gasteiger partial charge in [0.1, 0.15) is 0 Å². The molecule has 0 atom stereocenters. The Morgan fingerprint density at radius 3 is 2.71 bits per heavy atom. The van der Waals surface area contributed by atoms with Gasteiger partial charge in [-0.3, -0.25) is 0 Å². The number of nitrogens with zero attached hydrogens (tertiary/aromatic N) is 2. The van der Waals surface area contributed by atoms with Gasteiger partial charge in [0.25, 0.3) is 0 Å². The van der Waals surface area contributed by atoms with Gasteiger partial charge in [0.05, 0.1) is 5.60 Å². The van der Waals surface area contributed by atoms with Gasteiger partial charge in [-0.2, -0.15) is 0 Å². The van der Waals surface area contributed by atoms with E-state index in [1.807, 2.05) is 0 Å². The minimum Gasteiger partial charge on any atom is -0.389 e. The minimum atomic E-state index is -0.481. The van der Waals surface area contributed by atoms with Gasteiger partial charge in [-0.25, -0.2) is 0 Å². The number of nitrogen functional groups attached to an aromatic ring is 1. The molecular formula is C8H13N3OS2. The highest BCUT2D eigenvalue weighted by Crippen LogP contribution is 2.35. The largest absolute Gasteiger partial charge is 0.389 e. The second kappa shape index (κ2) is 4.04. The average molecular weight is 231 g/mol. The van der Waals surface area contributed by atoms with Crippen LogP contribution in [0.3, 0.4) is 0 Å². The zero-order chi connectivity index (χ0) is 10.0. The first-order valence-corrected chi connectivity index (χ1v) is 6.42. The highest BCUT2D eigenvalue weighted by Gasteiger charge is 2.31. The summed E-state index contributed by atoms with van der Waals surface area (Å²) in [5.74, 6) is 0.710. The molecule has 78 valence electrons. The van der Waals surface area contributed by atoms with Crippen LogP contribution in [0.4, 0.5) is 5.13 Å². The molecule has 1 fully saturated rings. The van der Waals surface area contributed by atoms with E-state index in [4.69, 9.17) is 5.73 Å². The Kier molecular flexibility index (Phi) is 2.94. The monoisotopic (exact) mass is 231 g/mol. The third-order valence-electron chi connectivity index (χ3n) is 2.42. The molecule has 1 heterocycles. The average Bonchev–Trinajstić information content (AvgIpc) is 2.73. The summed E-state index contributed by atoms with van der Waals surface area (Å²) in [6.07, 6.45) is 4.09. The van der Waals surface area contributed by atoms with E-state index in [1.165, 1.54) is 11.3 Å². The normalized spacial score (nSPS) is 20.1. The van der Waals surface area contributed by atoms with Crippen LogP contribution in [0.15, 0.2) is 4.34 Å². The number of rotatable bonds is 3. The lowest BCUT2D eigenvalue weighted by atomic mass is 10.1. The molecule has 0 aliphatic heterocycles. The fraction of sp³-hybridized carbons (Fsp3) is 0.750. The molecule has 4 nitrogen and oxygen atoms in total. The smallest absolute Gasteiger partial charge is 0.203 e. The summed E-state index contributed by atoms with van der Waals surface area (Å²) in [6, 6.07) is 0. The Hall–Kier alpha value is -0.330. The summed E-state index contributed by atoms with van der Waals surface area (Å²) >= 11 is 2.93. The molecule has 3 N–H and O–H groups in total. The summed E-state index contributed by atoms with van der Waals surface area (Å²) < 4.78 is 0.850. The van der Waals surface area contributed by atoms with E-state index in [-0.39, 0.29) is 0 Å². The van der Waals surface area contributed by atoms with Crippen molar-refractivity contribution in [3.63, 3.8) is 0 Å². The van der Waals surface area contributed by atoms with E-state index in [1.54, 1.807) is 11.8 Å². The van der Waals surface area contributed by atoms with Gasteiger partial charge in [0.2, 0.25) is 5.13 Å². The molecule has 0 saturated heterocycles. The van der Waals surface area contributed by atoms with E-state index >= 15 is 0 Å². The summed E-state index contributed by atoms with van der Waals surface area (Å²) in [5, 5.41) is 18.2. The number of anilines is 1. The molecule has 14 heavy (non-hydrogen) atoms. The molecule has 0 amide bonds. The summed E-state index contributed by atoms with van der Waals surface area (Å²) in [6.45, 7) is 0. The van der Waals surface area contributed by atoms with E-state index in [2.05, 4.69) is 10.2 Å². The van der Waals surface area contributed by atoms with Gasteiger partial charge >= 0.3 is 0 Å². The number of hydrogen-bond acceptors (Lipinski definition) is 6. The molecule has 1 aromatic heterocycles. The number of thioether (sulfide) groups is 1. The molecular weight excluding hydrogens is 218 g/mol. The Morgan fingerprint density at radius 2 is 2.14 bits per heavy atom. The highest BCUT2D eigenvalue weighted by molar-refractivity contribution is 8.01. The van der Waals surface area contributed by atoms with Gasteiger partial charge < -0.3 is 10.8 Å². The standard InChI is InChI=1S/C8H13N3OS2/c9-6-10-11-7(14-6)13-5-8(12)3-1-2-4-8/h12H,1-5H2,(H2,9,10). The SMILES string of the molecule is Nc1nnc(SCC2(O)CCCC2)s1. The maximum absolute atomic E-state index is 10.1. The fourth-order valence-electron chi connectivity index (χ4n) is 1.65. The van der Waals surface area contributed by atoms with Crippen LogP contribution in [0.5, 0.6) is 0 Å². The lowest BCUT2D eigenvalue weighted by Crippen LogP contribution is -2.26. The molecule has 1 saturated carbocycles. The summed E-state index contributed by atoms with van der Waals surface area (Å²) in [4.78, 5) is 0. The van der Waals surface area contributed by atoms with Gasteiger partial charge in [0.15, 0.2) is 4.34 Å². The van der Waals surface area contributed by atoms with Gasteiger partial charge in [-0.1, -0.05) is 35.9 Å². The van der Waals surface area contributed by atoms with Crippen molar-refractivity contribution in [1.82, 2.24) is 10.2 Å². The van der Waals surface area contributed by atoms with Crippen molar-refractivity contribution < 1.29 is 5.11 Å². The van der Waals surface area contributed by atoms with Gasteiger partial charge in [-0.15, -0.1) is 10.2 Å². The minimum absolute atomic E-state index is 0.481. The maximum atomic E-state index is 10.1. The first-order valence-electron chi connectivity index (χ1n) is 4.62. The van der Waals surface area contributed by atoms with Crippen LogP contribution in [0, 0.1) is 0 Å². The predicted molar refractivity (Wildman–Crippen MR) is 58.5 cm³/mol. The molecule has 1 aromatic rings. The Bertz CT molecular complexity index is 309. The molecule has 0 bridgehead atoms. The maximum Gasteiger partial charge on any atom is 0.203 e. The van der Waals surface area contributed by atoms with Crippen LogP contribution in [-0.4, -0.2) is 26.7 Å². The van der Waals surface area contributed by atoms with Crippen molar-refractivity contribution >= 4 is 28.2 Å². The van der Waals surface area contributed by atoms with E-state index in [9.17, 15) is 5.11 Å². The molecule has 1 aliphatic carbocycles. The quantitative estimate of drug-likeness (QED) is 0.772. The van der Waals surface area contributed by atoms with Crippen LogP contribution >= 0.6 is 23.1 Å².